The third kappa shape index (κ3) is 7.37. The number of methoxy groups -OCH3 is 1. The van der Waals surface area contributed by atoms with E-state index in [1.165, 1.54) is 0 Å². The molecule has 5 nitrogen and oxygen atoms in total. The molecule has 0 amide bonds. The fourth-order valence-corrected chi connectivity index (χ4v) is 1.65. The molecule has 6 heteroatoms. The molecule has 1 rings (SSSR count). The van der Waals surface area contributed by atoms with Crippen LogP contribution in [0.3, 0.4) is 0 Å². The molecule has 1 aromatic rings. The van der Waals surface area contributed by atoms with Crippen LogP contribution in [0, 0.1) is 0 Å². The highest BCUT2D eigenvalue weighted by Gasteiger charge is 2.00. The molecule has 0 heterocycles. The molecule has 0 aliphatic carbocycles. The molecule has 0 bridgehead atoms. The van der Waals surface area contributed by atoms with Gasteiger partial charge in [0.2, 0.25) is 0 Å². The molecule has 0 spiro atoms. The fraction of sp³-hybridized carbons (Fsp3) is 0.538. The molecule has 0 fully saturated rings. The van der Waals surface area contributed by atoms with Gasteiger partial charge in [0.05, 0.1) is 38.7 Å². The molecule has 19 heavy (non-hydrogen) atoms. The predicted molar refractivity (Wildman–Crippen MR) is 77.6 cm³/mol. The number of anilines is 1. The molecule has 0 aliphatic rings. The quantitative estimate of drug-likeness (QED) is 0.524. The van der Waals surface area contributed by atoms with Crippen LogP contribution in [0.25, 0.3) is 0 Å². The van der Waals surface area contributed by atoms with Crippen LogP contribution >= 0.6 is 15.9 Å². The first-order valence-electron chi connectivity index (χ1n) is 6.06. The summed E-state index contributed by atoms with van der Waals surface area (Å²) in [6, 6.07) is 5.50. The van der Waals surface area contributed by atoms with Crippen LogP contribution in [0.4, 0.5) is 5.69 Å². The van der Waals surface area contributed by atoms with Crippen molar-refractivity contribution in [3.63, 3.8) is 0 Å². The van der Waals surface area contributed by atoms with Crippen molar-refractivity contribution in [3.8, 4) is 5.75 Å². The summed E-state index contributed by atoms with van der Waals surface area (Å²) in [7, 11) is 1.64. The number of nitrogens with two attached hydrogens (primary N) is 1. The highest BCUT2D eigenvalue weighted by molar-refractivity contribution is 9.10. The zero-order chi connectivity index (χ0) is 13.9. The van der Waals surface area contributed by atoms with Gasteiger partial charge in [-0.15, -0.1) is 0 Å². The van der Waals surface area contributed by atoms with Crippen molar-refractivity contribution in [1.29, 1.82) is 0 Å². The molecule has 0 atom stereocenters. The molecule has 0 unspecified atom stereocenters. The second-order valence-electron chi connectivity index (χ2n) is 3.75. The Labute approximate surface area is 122 Å². The number of halogens is 1. The van der Waals surface area contributed by atoms with Crippen molar-refractivity contribution in [1.82, 2.24) is 0 Å². The molecule has 1 aromatic carbocycles. The molecule has 0 saturated heterocycles. The Balaban J connectivity index is 2.03. The summed E-state index contributed by atoms with van der Waals surface area (Å²) in [6.07, 6.45) is 0. The Bertz CT molecular complexity index is 362. The Morgan fingerprint density at radius 3 is 2.32 bits per heavy atom. The summed E-state index contributed by atoms with van der Waals surface area (Å²) in [5, 5.41) is 0. The molecule has 0 aromatic heterocycles. The topological polar surface area (TPSA) is 62.9 Å². The molecule has 108 valence electrons. The molecule has 0 saturated carbocycles. The van der Waals surface area contributed by atoms with Gasteiger partial charge >= 0.3 is 0 Å². The SMILES string of the molecule is COCCOCCOCCOc1cc(Br)ccc1N. The van der Waals surface area contributed by atoms with E-state index in [0.29, 0.717) is 51.1 Å². The van der Waals surface area contributed by atoms with Crippen molar-refractivity contribution in [2.75, 3.05) is 52.5 Å². The van der Waals surface area contributed by atoms with E-state index in [1.54, 1.807) is 13.2 Å². The molecular formula is C13H20BrNO4. The minimum Gasteiger partial charge on any atom is -0.489 e. The monoisotopic (exact) mass is 333 g/mol. The molecule has 2 N–H and O–H groups in total. The first kappa shape index (κ1) is 16.2. The zero-order valence-corrected chi connectivity index (χ0v) is 12.6. The van der Waals surface area contributed by atoms with Crippen LogP contribution in [0.1, 0.15) is 0 Å². The Morgan fingerprint density at radius 2 is 1.63 bits per heavy atom. The summed E-state index contributed by atoms with van der Waals surface area (Å²) in [4.78, 5) is 0. The lowest BCUT2D eigenvalue weighted by Gasteiger charge is -2.10. The van der Waals surface area contributed by atoms with Gasteiger partial charge in [0.25, 0.3) is 0 Å². The predicted octanol–water partition coefficient (Wildman–Crippen LogP) is 2.09. The summed E-state index contributed by atoms with van der Waals surface area (Å²) in [5.74, 6) is 0.661. The standard InChI is InChI=1S/C13H20BrNO4/c1-16-4-5-17-6-7-18-8-9-19-13-10-11(14)2-3-12(13)15/h2-3,10H,4-9,15H2,1H3. The second-order valence-corrected chi connectivity index (χ2v) is 4.66. The Kier molecular flexibility index (Phi) is 8.57. The van der Waals surface area contributed by atoms with Crippen LogP contribution in [-0.2, 0) is 14.2 Å². The summed E-state index contributed by atoms with van der Waals surface area (Å²) >= 11 is 3.37. The fourth-order valence-electron chi connectivity index (χ4n) is 1.31. The summed E-state index contributed by atoms with van der Waals surface area (Å²) in [5.41, 5.74) is 6.40. The van der Waals surface area contributed by atoms with E-state index in [-0.39, 0.29) is 0 Å². The van der Waals surface area contributed by atoms with Gasteiger partial charge in [-0.25, -0.2) is 0 Å². The van der Waals surface area contributed by atoms with E-state index in [4.69, 9.17) is 24.7 Å². The zero-order valence-electron chi connectivity index (χ0n) is 11.1. The third-order valence-corrected chi connectivity index (χ3v) is 2.76. The second kappa shape index (κ2) is 10.0. The highest BCUT2D eigenvalue weighted by atomic mass is 79.9. The molecular weight excluding hydrogens is 314 g/mol. The van der Waals surface area contributed by atoms with Crippen molar-refractivity contribution in [3.05, 3.63) is 22.7 Å². The lowest BCUT2D eigenvalue weighted by atomic mass is 10.3. The van der Waals surface area contributed by atoms with Crippen LogP contribution < -0.4 is 10.5 Å². The summed E-state index contributed by atoms with van der Waals surface area (Å²) in [6.45, 7) is 3.25. The van der Waals surface area contributed by atoms with Crippen LogP contribution in [0.15, 0.2) is 22.7 Å². The molecule has 0 radical (unpaired) electrons. The van der Waals surface area contributed by atoms with E-state index < -0.39 is 0 Å². The smallest absolute Gasteiger partial charge is 0.143 e. The van der Waals surface area contributed by atoms with E-state index >= 15 is 0 Å². The number of rotatable bonds is 10. The first-order valence-corrected chi connectivity index (χ1v) is 6.85. The number of hydrogen-bond donors (Lipinski definition) is 1. The van der Waals surface area contributed by atoms with Crippen molar-refractivity contribution < 1.29 is 18.9 Å². The molecule has 0 aliphatic heterocycles. The van der Waals surface area contributed by atoms with E-state index in [2.05, 4.69) is 15.9 Å². The number of hydrogen-bond acceptors (Lipinski definition) is 5. The Morgan fingerprint density at radius 1 is 1.00 bits per heavy atom. The largest absolute Gasteiger partial charge is 0.489 e. The van der Waals surface area contributed by atoms with Crippen LogP contribution in [-0.4, -0.2) is 46.8 Å². The van der Waals surface area contributed by atoms with E-state index in [9.17, 15) is 0 Å². The summed E-state index contributed by atoms with van der Waals surface area (Å²) < 4.78 is 21.9. The van der Waals surface area contributed by atoms with Crippen molar-refractivity contribution >= 4 is 21.6 Å². The van der Waals surface area contributed by atoms with Gasteiger partial charge in [0.15, 0.2) is 0 Å². The average Bonchev–Trinajstić information content (AvgIpc) is 2.40. The van der Waals surface area contributed by atoms with Gasteiger partial charge in [-0.1, -0.05) is 15.9 Å². The number of ether oxygens (including phenoxy) is 4. The van der Waals surface area contributed by atoms with Crippen LogP contribution in [0.5, 0.6) is 5.75 Å². The van der Waals surface area contributed by atoms with Gasteiger partial charge < -0.3 is 24.7 Å². The Hall–Kier alpha value is -0.820. The normalized spacial score (nSPS) is 10.6. The van der Waals surface area contributed by atoms with Gasteiger partial charge in [-0.05, 0) is 18.2 Å². The van der Waals surface area contributed by atoms with E-state index in [1.807, 2.05) is 12.1 Å². The van der Waals surface area contributed by atoms with Gasteiger partial charge in [0, 0.05) is 11.6 Å². The third-order valence-electron chi connectivity index (χ3n) is 2.26. The lowest BCUT2D eigenvalue weighted by Crippen LogP contribution is -2.12. The van der Waals surface area contributed by atoms with Gasteiger partial charge in [-0.2, -0.15) is 0 Å². The minimum atomic E-state index is 0.457. The first-order chi connectivity index (χ1) is 9.24. The average molecular weight is 334 g/mol. The van der Waals surface area contributed by atoms with Gasteiger partial charge in [-0.3, -0.25) is 0 Å². The van der Waals surface area contributed by atoms with Crippen molar-refractivity contribution in [2.45, 2.75) is 0 Å². The van der Waals surface area contributed by atoms with Crippen molar-refractivity contribution in [2.24, 2.45) is 0 Å². The maximum Gasteiger partial charge on any atom is 0.143 e. The number of benzene rings is 1. The van der Waals surface area contributed by atoms with Crippen LogP contribution in [0.2, 0.25) is 0 Å². The maximum absolute atomic E-state index is 5.78. The highest BCUT2D eigenvalue weighted by Crippen LogP contribution is 2.25. The lowest BCUT2D eigenvalue weighted by molar-refractivity contribution is 0.0180. The van der Waals surface area contributed by atoms with Gasteiger partial charge in [0.1, 0.15) is 12.4 Å². The maximum atomic E-state index is 5.78. The number of nitrogen functional groups attached to an aromatic ring is 1. The minimum absolute atomic E-state index is 0.457. The van der Waals surface area contributed by atoms with E-state index in [0.717, 1.165) is 4.47 Å².